The van der Waals surface area contributed by atoms with E-state index < -0.39 is 0 Å². The average molecular weight is 185 g/mol. The van der Waals surface area contributed by atoms with Gasteiger partial charge in [-0.2, -0.15) is 0 Å². The Kier molecular flexibility index (Phi) is 2.86. The number of hydrogen-bond donors (Lipinski definition) is 1. The van der Waals surface area contributed by atoms with Crippen molar-refractivity contribution in [3.63, 3.8) is 0 Å². The van der Waals surface area contributed by atoms with Crippen LogP contribution in [0.1, 0.15) is 19.3 Å². The van der Waals surface area contributed by atoms with Crippen LogP contribution in [0.4, 0.5) is 0 Å². The molecule has 3 atom stereocenters. The third-order valence-electron chi connectivity index (χ3n) is 3.14. The number of hydrogen-bond acceptors (Lipinski definition) is 3. The molecule has 0 radical (unpaired) electrons. The second kappa shape index (κ2) is 3.95. The van der Waals surface area contributed by atoms with Gasteiger partial charge in [-0.25, -0.2) is 0 Å². The van der Waals surface area contributed by atoms with Gasteiger partial charge in [-0.1, -0.05) is 0 Å². The van der Waals surface area contributed by atoms with Crippen LogP contribution < -0.4 is 5.32 Å². The fourth-order valence-corrected chi connectivity index (χ4v) is 1.89. The third-order valence-corrected chi connectivity index (χ3v) is 3.14. The molecule has 0 aromatic heterocycles. The molecule has 0 saturated heterocycles. The maximum atomic E-state index is 5.77. The minimum atomic E-state index is 0.267. The van der Waals surface area contributed by atoms with E-state index in [9.17, 15) is 0 Å². The fraction of sp³-hybridized carbons (Fsp3) is 1.00. The first-order valence-corrected chi connectivity index (χ1v) is 5.16. The monoisotopic (exact) mass is 185 g/mol. The first-order chi connectivity index (χ1) is 6.35. The zero-order chi connectivity index (χ0) is 9.26. The van der Waals surface area contributed by atoms with Gasteiger partial charge in [-0.15, -0.1) is 0 Å². The molecule has 2 saturated carbocycles. The first kappa shape index (κ1) is 9.44. The fourth-order valence-electron chi connectivity index (χ4n) is 1.89. The van der Waals surface area contributed by atoms with Crippen LogP contribution in [0.2, 0.25) is 0 Å². The van der Waals surface area contributed by atoms with Gasteiger partial charge in [-0.05, 0) is 32.2 Å². The smallest absolute Gasteiger partial charge is 0.0986 e. The maximum Gasteiger partial charge on any atom is 0.0986 e. The van der Waals surface area contributed by atoms with Crippen molar-refractivity contribution in [2.45, 2.75) is 37.5 Å². The molecule has 3 unspecified atom stereocenters. The Labute approximate surface area is 79.8 Å². The highest BCUT2D eigenvalue weighted by Crippen LogP contribution is 2.32. The molecular weight excluding hydrogens is 166 g/mol. The zero-order valence-electron chi connectivity index (χ0n) is 8.45. The van der Waals surface area contributed by atoms with Crippen molar-refractivity contribution >= 4 is 0 Å². The number of rotatable bonds is 5. The van der Waals surface area contributed by atoms with E-state index in [0.29, 0.717) is 12.1 Å². The van der Waals surface area contributed by atoms with E-state index in [4.69, 9.17) is 9.47 Å². The molecule has 0 amide bonds. The molecule has 2 rings (SSSR count). The summed E-state index contributed by atoms with van der Waals surface area (Å²) >= 11 is 0. The Hall–Kier alpha value is -0.120. The van der Waals surface area contributed by atoms with Gasteiger partial charge in [-0.3, -0.25) is 0 Å². The molecule has 13 heavy (non-hydrogen) atoms. The molecule has 2 fully saturated rings. The van der Waals surface area contributed by atoms with Gasteiger partial charge in [0.15, 0.2) is 0 Å². The summed E-state index contributed by atoms with van der Waals surface area (Å²) in [6.45, 7) is 0.945. The minimum Gasteiger partial charge on any atom is -0.377 e. The van der Waals surface area contributed by atoms with Crippen molar-refractivity contribution in [1.82, 2.24) is 5.32 Å². The quantitative estimate of drug-likeness (QED) is 0.687. The van der Waals surface area contributed by atoms with Crippen LogP contribution in [0.3, 0.4) is 0 Å². The normalized spacial score (nSPS) is 38.8. The molecule has 0 spiro atoms. The van der Waals surface area contributed by atoms with Crippen LogP contribution in [0, 0.1) is 5.92 Å². The van der Waals surface area contributed by atoms with Crippen LogP contribution in [-0.2, 0) is 9.47 Å². The Balaban J connectivity index is 1.68. The standard InChI is InChI=1S/C10H19NO2/c1-11-8-5-9(10(8)12-2)13-6-7-3-4-7/h7-11H,3-6H2,1-2H3. The largest absolute Gasteiger partial charge is 0.377 e. The highest BCUT2D eigenvalue weighted by Gasteiger charge is 2.41. The van der Waals surface area contributed by atoms with Crippen LogP contribution >= 0.6 is 0 Å². The summed E-state index contributed by atoms with van der Waals surface area (Å²) in [6.07, 6.45) is 4.42. The molecule has 0 bridgehead atoms. The molecule has 2 aliphatic carbocycles. The molecule has 3 heteroatoms. The lowest BCUT2D eigenvalue weighted by atomic mass is 9.85. The summed E-state index contributed by atoms with van der Waals surface area (Å²) in [5.74, 6) is 0.853. The Morgan fingerprint density at radius 2 is 2.15 bits per heavy atom. The van der Waals surface area contributed by atoms with Crippen molar-refractivity contribution in [2.24, 2.45) is 5.92 Å². The molecule has 3 nitrogen and oxygen atoms in total. The van der Waals surface area contributed by atoms with Gasteiger partial charge in [0.25, 0.3) is 0 Å². The van der Waals surface area contributed by atoms with Crippen LogP contribution in [0.15, 0.2) is 0 Å². The summed E-state index contributed by atoms with van der Waals surface area (Å²) in [4.78, 5) is 0. The van der Waals surface area contributed by atoms with Crippen molar-refractivity contribution in [3.05, 3.63) is 0 Å². The van der Waals surface area contributed by atoms with Crippen molar-refractivity contribution in [3.8, 4) is 0 Å². The SMILES string of the molecule is CNC1CC(OCC2CC2)C1OC. The van der Waals surface area contributed by atoms with Gasteiger partial charge in [0.2, 0.25) is 0 Å². The topological polar surface area (TPSA) is 30.5 Å². The minimum absolute atomic E-state index is 0.267. The average Bonchev–Trinajstić information content (AvgIpc) is 2.87. The zero-order valence-corrected chi connectivity index (χ0v) is 8.45. The Morgan fingerprint density at radius 1 is 1.38 bits per heavy atom. The van der Waals surface area contributed by atoms with Crippen LogP contribution in [0.5, 0.6) is 0 Å². The lowest BCUT2D eigenvalue weighted by Gasteiger charge is -2.43. The lowest BCUT2D eigenvalue weighted by Crippen LogP contribution is -2.59. The molecule has 0 aliphatic heterocycles. The highest BCUT2D eigenvalue weighted by atomic mass is 16.5. The van der Waals surface area contributed by atoms with E-state index in [1.165, 1.54) is 12.8 Å². The summed E-state index contributed by atoms with van der Waals surface area (Å²) < 4.78 is 11.1. The highest BCUT2D eigenvalue weighted by molar-refractivity contribution is 4.96. The maximum absolute atomic E-state index is 5.77. The molecule has 1 N–H and O–H groups in total. The van der Waals surface area contributed by atoms with Crippen LogP contribution in [-0.4, -0.2) is 39.0 Å². The third kappa shape index (κ3) is 2.03. The first-order valence-electron chi connectivity index (χ1n) is 5.16. The summed E-state index contributed by atoms with van der Waals surface area (Å²) in [5, 5.41) is 3.23. The summed E-state index contributed by atoms with van der Waals surface area (Å²) in [7, 11) is 3.75. The van der Waals surface area contributed by atoms with Gasteiger partial charge in [0, 0.05) is 19.8 Å². The molecule has 0 aromatic carbocycles. The van der Waals surface area contributed by atoms with Gasteiger partial charge >= 0.3 is 0 Å². The van der Waals surface area contributed by atoms with Gasteiger partial charge in [0.05, 0.1) is 12.2 Å². The Morgan fingerprint density at radius 3 is 2.69 bits per heavy atom. The number of methoxy groups -OCH3 is 1. The van der Waals surface area contributed by atoms with E-state index in [-0.39, 0.29) is 6.10 Å². The van der Waals surface area contributed by atoms with E-state index in [2.05, 4.69) is 5.32 Å². The van der Waals surface area contributed by atoms with Gasteiger partial charge < -0.3 is 14.8 Å². The molecule has 76 valence electrons. The second-order valence-electron chi connectivity index (χ2n) is 4.15. The van der Waals surface area contributed by atoms with E-state index in [1.54, 1.807) is 7.11 Å². The molecular formula is C10H19NO2. The number of ether oxygens (including phenoxy) is 2. The Bertz CT molecular complexity index is 170. The van der Waals surface area contributed by atoms with E-state index in [1.807, 2.05) is 7.05 Å². The van der Waals surface area contributed by atoms with Gasteiger partial charge in [0.1, 0.15) is 0 Å². The lowest BCUT2D eigenvalue weighted by molar-refractivity contribution is -0.134. The van der Waals surface area contributed by atoms with E-state index in [0.717, 1.165) is 18.9 Å². The molecule has 2 aliphatic rings. The predicted molar refractivity (Wildman–Crippen MR) is 50.7 cm³/mol. The van der Waals surface area contributed by atoms with Crippen molar-refractivity contribution in [2.75, 3.05) is 20.8 Å². The number of nitrogens with one attached hydrogen (secondary N) is 1. The number of likely N-dealkylation sites (N-methyl/N-ethyl adjacent to an activating group) is 1. The summed E-state index contributed by atoms with van der Waals surface area (Å²) in [6, 6.07) is 0.495. The van der Waals surface area contributed by atoms with Crippen LogP contribution in [0.25, 0.3) is 0 Å². The summed E-state index contributed by atoms with van der Waals surface area (Å²) in [5.41, 5.74) is 0. The van der Waals surface area contributed by atoms with Crippen molar-refractivity contribution in [1.29, 1.82) is 0 Å². The predicted octanol–water partition coefficient (Wildman–Crippen LogP) is 0.788. The molecule has 0 heterocycles. The van der Waals surface area contributed by atoms with E-state index >= 15 is 0 Å². The second-order valence-corrected chi connectivity index (χ2v) is 4.15. The molecule has 0 aromatic rings. The van der Waals surface area contributed by atoms with Crippen molar-refractivity contribution < 1.29 is 9.47 Å².